The van der Waals surface area contributed by atoms with Gasteiger partial charge < -0.3 is 19.0 Å². The molecule has 47 heavy (non-hydrogen) atoms. The maximum absolute atomic E-state index is 13.6. The summed E-state index contributed by atoms with van der Waals surface area (Å²) in [5.74, 6) is 0.886. The number of allylic oxidation sites excluding steroid dienone is 7. The monoisotopic (exact) mass is 624 g/mol. The van der Waals surface area contributed by atoms with Crippen molar-refractivity contribution >= 4 is 34.0 Å². The number of hydrogen-bond donors (Lipinski definition) is 0. The van der Waals surface area contributed by atoms with E-state index in [0.717, 1.165) is 48.1 Å². The van der Waals surface area contributed by atoms with Crippen molar-refractivity contribution in [2.75, 3.05) is 37.0 Å². The SMILES string of the molecule is [C-]#[N+]/C(C#N)=C1C=C(/C=C/c2ccc(N(C)C)cc2)OC(/C=C(\C)c2cc3cc4c5c(c3oc2=O)C(C)(C)CCN5CCC4(C)C)=C\1. The Hall–Kier alpha value is -5.27. The predicted octanol–water partition coefficient (Wildman–Crippen LogP) is 8.64. The largest absolute Gasteiger partial charge is 0.457 e. The maximum Gasteiger partial charge on any atom is 0.343 e. The summed E-state index contributed by atoms with van der Waals surface area (Å²) in [6.07, 6.45) is 10.9. The van der Waals surface area contributed by atoms with Crippen LogP contribution in [0.2, 0.25) is 0 Å². The second-order valence-electron chi connectivity index (χ2n) is 14.1. The number of ether oxygens (including phenoxy) is 1. The fourth-order valence-corrected chi connectivity index (χ4v) is 6.77. The number of anilines is 2. The molecule has 2 aromatic carbocycles. The summed E-state index contributed by atoms with van der Waals surface area (Å²) in [6, 6.07) is 14.2. The Morgan fingerprint density at radius 2 is 1.70 bits per heavy atom. The molecule has 0 unspecified atom stereocenters. The van der Waals surface area contributed by atoms with Gasteiger partial charge in [0.2, 0.25) is 0 Å². The number of benzene rings is 2. The lowest BCUT2D eigenvalue weighted by molar-refractivity contribution is 0.332. The molecule has 7 nitrogen and oxygen atoms in total. The van der Waals surface area contributed by atoms with Crippen LogP contribution in [0.3, 0.4) is 0 Å². The molecule has 0 fully saturated rings. The number of hydrogen-bond acceptors (Lipinski definition) is 6. The summed E-state index contributed by atoms with van der Waals surface area (Å²) in [5.41, 5.74) is 7.36. The zero-order valence-electron chi connectivity index (χ0n) is 28.2. The van der Waals surface area contributed by atoms with E-state index in [9.17, 15) is 10.1 Å². The lowest BCUT2D eigenvalue weighted by atomic mass is 9.69. The van der Waals surface area contributed by atoms with Crippen molar-refractivity contribution in [1.82, 2.24) is 0 Å². The molecule has 0 aliphatic carbocycles. The van der Waals surface area contributed by atoms with E-state index >= 15 is 0 Å². The smallest absolute Gasteiger partial charge is 0.343 e. The van der Waals surface area contributed by atoms with Gasteiger partial charge in [-0.1, -0.05) is 45.9 Å². The zero-order valence-corrected chi connectivity index (χ0v) is 28.2. The first-order valence-corrected chi connectivity index (χ1v) is 16.0. The average Bonchev–Trinajstić information content (AvgIpc) is 3.02. The van der Waals surface area contributed by atoms with Crippen LogP contribution in [0.4, 0.5) is 11.4 Å². The van der Waals surface area contributed by atoms with Crippen molar-refractivity contribution in [3.63, 3.8) is 0 Å². The third kappa shape index (κ3) is 5.90. The molecule has 0 atom stereocenters. The van der Waals surface area contributed by atoms with E-state index in [1.165, 1.54) is 11.3 Å². The molecule has 3 aliphatic rings. The van der Waals surface area contributed by atoms with Crippen molar-refractivity contribution in [3.05, 3.63) is 128 Å². The van der Waals surface area contributed by atoms with Crippen LogP contribution in [0.25, 0.3) is 27.5 Å². The van der Waals surface area contributed by atoms with Crippen molar-refractivity contribution < 1.29 is 9.15 Å². The first kappa shape index (κ1) is 31.7. The van der Waals surface area contributed by atoms with Crippen molar-refractivity contribution in [2.45, 2.75) is 58.3 Å². The van der Waals surface area contributed by atoms with E-state index in [2.05, 4.69) is 43.5 Å². The molecule has 1 aromatic heterocycles. The lowest BCUT2D eigenvalue weighted by Crippen LogP contribution is -2.44. The third-order valence-electron chi connectivity index (χ3n) is 9.69. The second kappa shape index (κ2) is 11.8. The quantitative estimate of drug-likeness (QED) is 0.161. The van der Waals surface area contributed by atoms with Gasteiger partial charge in [0.25, 0.3) is 5.70 Å². The van der Waals surface area contributed by atoms with Gasteiger partial charge in [0.05, 0.1) is 18.2 Å². The minimum atomic E-state index is -0.409. The van der Waals surface area contributed by atoms with E-state index in [1.54, 1.807) is 18.2 Å². The molecule has 0 saturated carbocycles. The molecular formula is C40H40N4O3. The molecule has 0 radical (unpaired) electrons. The molecule has 0 N–H and O–H groups in total. The fourth-order valence-electron chi connectivity index (χ4n) is 6.77. The summed E-state index contributed by atoms with van der Waals surface area (Å²) < 4.78 is 12.4. The van der Waals surface area contributed by atoms with Crippen molar-refractivity contribution in [1.29, 1.82) is 5.26 Å². The minimum Gasteiger partial charge on any atom is -0.457 e. The van der Waals surface area contributed by atoms with Crippen LogP contribution in [-0.2, 0) is 15.6 Å². The molecule has 6 rings (SSSR count). The van der Waals surface area contributed by atoms with Crippen LogP contribution in [0.15, 0.2) is 92.7 Å². The minimum absolute atomic E-state index is 0.00113. The van der Waals surface area contributed by atoms with Gasteiger partial charge in [0.1, 0.15) is 17.1 Å². The molecular weight excluding hydrogens is 584 g/mol. The Balaban J connectivity index is 1.40. The van der Waals surface area contributed by atoms with Crippen LogP contribution in [-0.4, -0.2) is 27.2 Å². The van der Waals surface area contributed by atoms with Crippen molar-refractivity contribution in [2.24, 2.45) is 0 Å². The van der Waals surface area contributed by atoms with Gasteiger partial charge in [-0.25, -0.2) is 14.9 Å². The Morgan fingerprint density at radius 3 is 2.36 bits per heavy atom. The van der Waals surface area contributed by atoms with Gasteiger partial charge in [-0.2, -0.15) is 0 Å². The van der Waals surface area contributed by atoms with E-state index in [4.69, 9.17) is 15.7 Å². The van der Waals surface area contributed by atoms with E-state index in [0.29, 0.717) is 33.8 Å². The molecule has 0 amide bonds. The molecule has 0 spiro atoms. The molecule has 4 heterocycles. The van der Waals surface area contributed by atoms with E-state index in [-0.39, 0.29) is 16.5 Å². The average molecular weight is 625 g/mol. The standard InChI is InChI=1S/C40H40N4O3/c1-25(19-31-21-27(34(24-41)42-6)20-30(46-31)14-11-26-9-12-29(13-10-26)43(7)8)32-22-28-23-33-36-35(37(28)47-38(32)45)40(4,5)16-18-44(36)17-15-39(33,2)3/h9-14,19-23H,15-18H2,1-5,7-8H3/b14-11+,25-19+,34-27+. The predicted molar refractivity (Wildman–Crippen MR) is 190 cm³/mol. The summed E-state index contributed by atoms with van der Waals surface area (Å²) in [4.78, 5) is 21.6. The van der Waals surface area contributed by atoms with Crippen LogP contribution in [0, 0.1) is 17.9 Å². The highest BCUT2D eigenvalue weighted by Gasteiger charge is 2.42. The first-order valence-electron chi connectivity index (χ1n) is 16.0. The van der Waals surface area contributed by atoms with Gasteiger partial charge in [-0.15, -0.1) is 0 Å². The molecule has 0 saturated heterocycles. The number of nitriles is 1. The summed E-state index contributed by atoms with van der Waals surface area (Å²) in [6.45, 7) is 20.5. The van der Waals surface area contributed by atoms with E-state index < -0.39 is 5.63 Å². The molecule has 238 valence electrons. The summed E-state index contributed by atoms with van der Waals surface area (Å²) in [7, 11) is 3.99. The molecule has 3 aromatic rings. The van der Waals surface area contributed by atoms with Gasteiger partial charge in [0, 0.05) is 49.5 Å². The highest BCUT2D eigenvalue weighted by atomic mass is 16.5. The van der Waals surface area contributed by atoms with Crippen molar-refractivity contribution in [3.8, 4) is 6.07 Å². The Bertz CT molecular complexity index is 2070. The van der Waals surface area contributed by atoms with Gasteiger partial charge in [-0.05, 0) is 101 Å². The first-order chi connectivity index (χ1) is 22.3. The Morgan fingerprint density at radius 1 is 1.02 bits per heavy atom. The normalized spacial score (nSPS) is 19.3. The van der Waals surface area contributed by atoms with Gasteiger partial charge in [0.15, 0.2) is 0 Å². The number of fused-ring (bicyclic) bond motifs is 2. The zero-order chi connectivity index (χ0) is 33.7. The summed E-state index contributed by atoms with van der Waals surface area (Å²) >= 11 is 0. The third-order valence-corrected chi connectivity index (χ3v) is 9.69. The van der Waals surface area contributed by atoms with E-state index in [1.807, 2.05) is 74.5 Å². The second-order valence-corrected chi connectivity index (χ2v) is 14.1. The highest BCUT2D eigenvalue weighted by molar-refractivity contribution is 5.92. The van der Waals surface area contributed by atoms with Gasteiger partial charge >= 0.3 is 5.63 Å². The Labute approximate surface area is 276 Å². The summed E-state index contributed by atoms with van der Waals surface area (Å²) in [5, 5.41) is 10.5. The number of nitrogens with zero attached hydrogens (tertiary/aromatic N) is 4. The van der Waals surface area contributed by atoms with Crippen LogP contribution >= 0.6 is 0 Å². The van der Waals surface area contributed by atoms with Gasteiger partial charge in [-0.3, -0.25) is 0 Å². The molecule has 7 heteroatoms. The molecule has 0 bridgehead atoms. The fraction of sp³-hybridized carbons (Fsp3) is 0.325. The van der Waals surface area contributed by atoms with Crippen LogP contribution in [0.1, 0.15) is 69.7 Å². The van der Waals surface area contributed by atoms with Crippen LogP contribution < -0.4 is 15.4 Å². The lowest BCUT2D eigenvalue weighted by Gasteiger charge is -2.48. The maximum atomic E-state index is 13.6. The highest BCUT2D eigenvalue weighted by Crippen LogP contribution is 2.51. The molecule has 3 aliphatic heterocycles. The topological polar surface area (TPSA) is 74.1 Å². The van der Waals surface area contributed by atoms with Crippen LogP contribution in [0.5, 0.6) is 0 Å². The number of rotatable bonds is 5. The Kier molecular flexibility index (Phi) is 7.98.